The van der Waals surface area contributed by atoms with Gasteiger partial charge in [-0.25, -0.2) is 0 Å². The number of benzene rings is 2. The molecule has 1 saturated carbocycles. The smallest absolute Gasteiger partial charge is 0.251 e. The van der Waals surface area contributed by atoms with E-state index in [4.69, 9.17) is 4.74 Å². The average molecular weight is 548 g/mol. The highest BCUT2D eigenvalue weighted by molar-refractivity contribution is 14.0. The van der Waals surface area contributed by atoms with Gasteiger partial charge in [0, 0.05) is 37.7 Å². The lowest BCUT2D eigenvalue weighted by molar-refractivity contribution is 0.0396. The number of nitrogens with one attached hydrogen (secondary N) is 3. The van der Waals surface area contributed by atoms with E-state index in [1.807, 2.05) is 37.3 Å². The number of guanidine groups is 1. The maximum Gasteiger partial charge on any atom is 0.251 e. The van der Waals surface area contributed by atoms with Crippen LogP contribution in [0.3, 0.4) is 0 Å². The molecule has 0 aromatic heterocycles. The van der Waals surface area contributed by atoms with Crippen molar-refractivity contribution in [1.29, 1.82) is 0 Å². The van der Waals surface area contributed by atoms with E-state index in [-0.39, 0.29) is 41.5 Å². The van der Waals surface area contributed by atoms with Crippen LogP contribution in [0, 0.1) is 0 Å². The van der Waals surface area contributed by atoms with Gasteiger partial charge in [0.05, 0.1) is 6.04 Å². The summed E-state index contributed by atoms with van der Waals surface area (Å²) in [5.74, 6) is 1.68. The highest BCUT2D eigenvalue weighted by atomic mass is 127. The van der Waals surface area contributed by atoms with Crippen LogP contribution in [0.1, 0.15) is 66.6 Å². The third kappa shape index (κ3) is 5.54. The topological polar surface area (TPSA) is 74.8 Å². The van der Waals surface area contributed by atoms with Gasteiger partial charge >= 0.3 is 0 Å². The lowest BCUT2D eigenvalue weighted by Gasteiger charge is -2.40. The third-order valence-electron chi connectivity index (χ3n) is 6.23. The Labute approximate surface area is 207 Å². The molecule has 7 heteroatoms. The van der Waals surface area contributed by atoms with Crippen molar-refractivity contribution in [2.45, 2.75) is 57.2 Å². The molecule has 32 heavy (non-hydrogen) atoms. The monoisotopic (exact) mass is 548 g/mol. The summed E-state index contributed by atoms with van der Waals surface area (Å²) >= 11 is 0. The number of hydrogen-bond donors (Lipinski definition) is 3. The van der Waals surface area contributed by atoms with Crippen LogP contribution < -0.4 is 20.7 Å². The van der Waals surface area contributed by atoms with Crippen molar-refractivity contribution in [3.8, 4) is 5.75 Å². The molecule has 4 rings (SSSR count). The quantitative estimate of drug-likeness (QED) is 0.291. The molecule has 1 aliphatic heterocycles. The second kappa shape index (κ2) is 11.0. The summed E-state index contributed by atoms with van der Waals surface area (Å²) in [6.45, 7) is 3.12. The summed E-state index contributed by atoms with van der Waals surface area (Å²) in [5.41, 5.74) is 2.82. The first-order valence-electron chi connectivity index (χ1n) is 11.2. The maximum atomic E-state index is 12.1. The van der Waals surface area contributed by atoms with Crippen LogP contribution in [0.2, 0.25) is 0 Å². The van der Waals surface area contributed by atoms with E-state index in [1.54, 1.807) is 7.05 Å². The number of halogens is 1. The van der Waals surface area contributed by atoms with E-state index in [0.717, 1.165) is 36.5 Å². The summed E-state index contributed by atoms with van der Waals surface area (Å²) in [6.07, 6.45) is 5.61. The molecule has 1 amide bonds. The Kier molecular flexibility index (Phi) is 8.39. The molecule has 172 valence electrons. The van der Waals surface area contributed by atoms with Crippen molar-refractivity contribution in [2.24, 2.45) is 4.99 Å². The van der Waals surface area contributed by atoms with E-state index < -0.39 is 0 Å². The van der Waals surface area contributed by atoms with Crippen molar-refractivity contribution in [3.05, 3.63) is 65.2 Å². The van der Waals surface area contributed by atoms with Gasteiger partial charge in [-0.2, -0.15) is 0 Å². The van der Waals surface area contributed by atoms with Crippen molar-refractivity contribution < 1.29 is 9.53 Å². The van der Waals surface area contributed by atoms with Crippen molar-refractivity contribution in [2.75, 3.05) is 13.6 Å². The number of para-hydroxylation sites is 1. The first-order valence-corrected chi connectivity index (χ1v) is 11.2. The Balaban J connectivity index is 0.00000289. The minimum atomic E-state index is -0.0636. The van der Waals surface area contributed by atoms with E-state index in [0.29, 0.717) is 18.7 Å². The highest BCUT2D eigenvalue weighted by Gasteiger charge is 2.43. The van der Waals surface area contributed by atoms with Crippen LogP contribution in [0.4, 0.5) is 0 Å². The van der Waals surface area contributed by atoms with Gasteiger partial charge in [-0.05, 0) is 56.4 Å². The van der Waals surface area contributed by atoms with Gasteiger partial charge in [0.15, 0.2) is 5.96 Å². The van der Waals surface area contributed by atoms with Crippen LogP contribution in [-0.4, -0.2) is 31.1 Å². The van der Waals surface area contributed by atoms with Crippen molar-refractivity contribution >= 4 is 35.8 Å². The molecule has 2 aromatic rings. The minimum Gasteiger partial charge on any atom is -0.487 e. The molecule has 1 heterocycles. The fraction of sp³-hybridized carbons (Fsp3) is 0.440. The number of aliphatic imine (C=N–C) groups is 1. The van der Waals surface area contributed by atoms with Gasteiger partial charge in [0.2, 0.25) is 0 Å². The Morgan fingerprint density at radius 1 is 1.12 bits per heavy atom. The number of amides is 1. The number of hydrogen-bond acceptors (Lipinski definition) is 3. The summed E-state index contributed by atoms with van der Waals surface area (Å²) in [6, 6.07) is 16.1. The first-order chi connectivity index (χ1) is 15.1. The Hall–Kier alpha value is -2.29. The number of fused-ring (bicyclic) bond motifs is 1. The summed E-state index contributed by atoms with van der Waals surface area (Å²) in [4.78, 5) is 16.6. The standard InChI is InChI=1S/C25H32N4O2.HI/c1-3-27-23(30)19-10-8-9-18(15-19)17-28-24(26-2)29-21-16-25(13-6-7-14-25)31-22-12-5-4-11-20(21)22;/h4-5,8-12,15,21H,3,6-7,13-14,16-17H2,1-2H3,(H,27,30)(H2,26,28,29);1H. The second-order valence-electron chi connectivity index (χ2n) is 8.42. The molecule has 2 aliphatic rings. The molecule has 2 aromatic carbocycles. The fourth-order valence-corrected chi connectivity index (χ4v) is 4.70. The predicted octanol–water partition coefficient (Wildman–Crippen LogP) is 4.56. The van der Waals surface area contributed by atoms with Gasteiger partial charge in [-0.15, -0.1) is 24.0 Å². The van der Waals surface area contributed by atoms with Crippen LogP contribution in [0.25, 0.3) is 0 Å². The lowest BCUT2D eigenvalue weighted by atomic mass is 9.86. The van der Waals surface area contributed by atoms with Gasteiger partial charge in [0.1, 0.15) is 11.4 Å². The van der Waals surface area contributed by atoms with Crippen LogP contribution >= 0.6 is 24.0 Å². The van der Waals surface area contributed by atoms with Crippen LogP contribution in [0.15, 0.2) is 53.5 Å². The van der Waals surface area contributed by atoms with E-state index in [1.165, 1.54) is 18.4 Å². The first kappa shape index (κ1) is 24.4. The number of nitrogens with zero attached hydrogens (tertiary/aromatic N) is 1. The van der Waals surface area contributed by atoms with Crippen LogP contribution in [0.5, 0.6) is 5.75 Å². The summed E-state index contributed by atoms with van der Waals surface area (Å²) < 4.78 is 6.47. The number of carbonyl (C=O) groups excluding carboxylic acids is 1. The van der Waals surface area contributed by atoms with Crippen molar-refractivity contribution in [1.82, 2.24) is 16.0 Å². The summed E-state index contributed by atoms with van der Waals surface area (Å²) in [7, 11) is 1.79. The molecule has 1 fully saturated rings. The van der Waals surface area contributed by atoms with Gasteiger partial charge in [-0.1, -0.05) is 30.3 Å². The third-order valence-corrected chi connectivity index (χ3v) is 6.23. The molecule has 6 nitrogen and oxygen atoms in total. The highest BCUT2D eigenvalue weighted by Crippen LogP contribution is 2.46. The fourth-order valence-electron chi connectivity index (χ4n) is 4.70. The molecule has 0 saturated heterocycles. The van der Waals surface area contributed by atoms with Gasteiger partial charge < -0.3 is 20.7 Å². The van der Waals surface area contributed by atoms with Crippen molar-refractivity contribution in [3.63, 3.8) is 0 Å². The molecule has 1 spiro atoms. The number of rotatable bonds is 5. The van der Waals surface area contributed by atoms with E-state index in [2.05, 4.69) is 39.1 Å². The van der Waals surface area contributed by atoms with Gasteiger partial charge in [0.25, 0.3) is 5.91 Å². The number of ether oxygens (including phenoxy) is 1. The average Bonchev–Trinajstić information content (AvgIpc) is 3.24. The van der Waals surface area contributed by atoms with E-state index in [9.17, 15) is 4.79 Å². The zero-order valence-corrected chi connectivity index (χ0v) is 21.1. The zero-order chi connectivity index (χ0) is 21.7. The SMILES string of the molecule is CCNC(=O)c1cccc(CNC(=NC)NC2CC3(CCCC3)Oc3ccccc32)c1.I. The molecule has 1 aliphatic carbocycles. The zero-order valence-electron chi connectivity index (χ0n) is 18.8. The second-order valence-corrected chi connectivity index (χ2v) is 8.42. The molecular formula is C25H33IN4O2. The Bertz CT molecular complexity index is 956. The molecule has 1 atom stereocenters. The normalized spacial score (nSPS) is 18.8. The lowest BCUT2D eigenvalue weighted by Crippen LogP contribution is -2.46. The van der Waals surface area contributed by atoms with Gasteiger partial charge in [-0.3, -0.25) is 9.79 Å². The number of carbonyl (C=O) groups is 1. The molecule has 1 unspecified atom stereocenters. The Morgan fingerprint density at radius 2 is 1.91 bits per heavy atom. The molecule has 0 bridgehead atoms. The molecule has 0 radical (unpaired) electrons. The largest absolute Gasteiger partial charge is 0.487 e. The molecular weight excluding hydrogens is 515 g/mol. The predicted molar refractivity (Wildman–Crippen MR) is 139 cm³/mol. The Morgan fingerprint density at radius 3 is 2.66 bits per heavy atom. The minimum absolute atomic E-state index is 0. The van der Waals surface area contributed by atoms with E-state index >= 15 is 0 Å². The molecule has 3 N–H and O–H groups in total. The maximum absolute atomic E-state index is 12.1. The summed E-state index contributed by atoms with van der Waals surface area (Å²) in [5, 5.41) is 9.87. The van der Waals surface area contributed by atoms with Crippen LogP contribution in [-0.2, 0) is 6.54 Å².